The molecule has 2 heterocycles. The Bertz CT molecular complexity index is 992. The van der Waals surface area contributed by atoms with Gasteiger partial charge in [-0.15, -0.1) is 5.10 Å². The zero-order valence-corrected chi connectivity index (χ0v) is 15.6. The van der Waals surface area contributed by atoms with Crippen molar-refractivity contribution in [3.63, 3.8) is 0 Å². The topological polar surface area (TPSA) is 80.9 Å². The first-order valence-electron chi connectivity index (χ1n) is 8.61. The van der Waals surface area contributed by atoms with Crippen molar-refractivity contribution >= 4 is 11.6 Å². The number of pyridine rings is 1. The number of fused-ring (bicyclic) bond motifs is 1. The van der Waals surface area contributed by atoms with E-state index in [1.165, 1.54) is 9.08 Å². The van der Waals surface area contributed by atoms with Gasteiger partial charge in [-0.25, -0.2) is 9.48 Å². The number of carbonyl (C=O) groups excluding carboxylic acids is 1. The van der Waals surface area contributed by atoms with Gasteiger partial charge in [0.25, 0.3) is 0 Å². The monoisotopic (exact) mass is 369 g/mol. The minimum atomic E-state index is -0.338. The van der Waals surface area contributed by atoms with Crippen molar-refractivity contribution in [2.24, 2.45) is 0 Å². The summed E-state index contributed by atoms with van der Waals surface area (Å²) in [6, 6.07) is 12.9. The van der Waals surface area contributed by atoms with E-state index in [1.54, 1.807) is 31.5 Å². The van der Waals surface area contributed by atoms with Gasteiger partial charge in [0.15, 0.2) is 5.65 Å². The Morgan fingerprint density at radius 1 is 1.22 bits per heavy atom. The minimum absolute atomic E-state index is 0.0668. The zero-order chi connectivity index (χ0) is 19.4. The van der Waals surface area contributed by atoms with Crippen LogP contribution < -0.4 is 15.7 Å². The fourth-order valence-corrected chi connectivity index (χ4v) is 2.99. The van der Waals surface area contributed by atoms with Crippen molar-refractivity contribution in [1.82, 2.24) is 24.4 Å². The van der Waals surface area contributed by atoms with Crippen LogP contribution in [-0.4, -0.2) is 52.7 Å². The standard InChI is InChI=1S/C19H23N5O3/c1-22(2)15(14-8-4-5-9-16(14)27-3)12-20-18(25)13-24-19(26)23-11-7-6-10-17(23)21-24/h4-11,15H,12-13H2,1-3H3,(H,20,25)/t15-/m1/s1. The quantitative estimate of drug-likeness (QED) is 0.670. The summed E-state index contributed by atoms with van der Waals surface area (Å²) in [4.78, 5) is 26.7. The minimum Gasteiger partial charge on any atom is -0.496 e. The highest BCUT2D eigenvalue weighted by molar-refractivity contribution is 5.75. The molecule has 8 heteroatoms. The highest BCUT2D eigenvalue weighted by Gasteiger charge is 2.19. The number of hydrogen-bond acceptors (Lipinski definition) is 5. The van der Waals surface area contributed by atoms with Gasteiger partial charge in [0.2, 0.25) is 5.91 Å². The number of hydrogen-bond donors (Lipinski definition) is 1. The predicted octanol–water partition coefficient (Wildman–Crippen LogP) is 0.924. The average molecular weight is 369 g/mol. The lowest BCUT2D eigenvalue weighted by Crippen LogP contribution is -2.38. The maximum absolute atomic E-state index is 12.4. The van der Waals surface area contributed by atoms with Crippen LogP contribution in [0.1, 0.15) is 11.6 Å². The van der Waals surface area contributed by atoms with Crippen LogP contribution in [0.25, 0.3) is 5.65 Å². The number of nitrogens with one attached hydrogen (secondary N) is 1. The third-order valence-electron chi connectivity index (χ3n) is 4.40. The van der Waals surface area contributed by atoms with Gasteiger partial charge >= 0.3 is 5.69 Å². The van der Waals surface area contributed by atoms with Gasteiger partial charge in [0, 0.05) is 18.3 Å². The Morgan fingerprint density at radius 3 is 2.67 bits per heavy atom. The third kappa shape index (κ3) is 4.01. The van der Waals surface area contributed by atoms with Gasteiger partial charge in [0.1, 0.15) is 12.3 Å². The summed E-state index contributed by atoms with van der Waals surface area (Å²) in [5.41, 5.74) is 1.15. The molecule has 0 saturated carbocycles. The molecule has 3 rings (SSSR count). The van der Waals surface area contributed by atoms with E-state index in [1.807, 2.05) is 43.3 Å². The van der Waals surface area contributed by atoms with Crippen LogP contribution in [0.2, 0.25) is 0 Å². The van der Waals surface area contributed by atoms with E-state index in [2.05, 4.69) is 10.4 Å². The molecule has 1 aromatic carbocycles. The average Bonchev–Trinajstić information content (AvgIpc) is 2.98. The molecule has 0 aliphatic heterocycles. The lowest BCUT2D eigenvalue weighted by molar-refractivity contribution is -0.122. The molecule has 8 nitrogen and oxygen atoms in total. The summed E-state index contributed by atoms with van der Waals surface area (Å²) >= 11 is 0. The maximum Gasteiger partial charge on any atom is 0.350 e. The normalized spacial score (nSPS) is 12.3. The van der Waals surface area contributed by atoms with Gasteiger partial charge in [0.05, 0.1) is 13.2 Å². The number of nitrogens with zero attached hydrogens (tertiary/aromatic N) is 4. The van der Waals surface area contributed by atoms with Crippen LogP contribution in [-0.2, 0) is 11.3 Å². The van der Waals surface area contributed by atoms with Crippen molar-refractivity contribution in [2.45, 2.75) is 12.6 Å². The summed E-state index contributed by atoms with van der Waals surface area (Å²) < 4.78 is 8.00. The number of rotatable bonds is 7. The molecular formula is C19H23N5O3. The number of para-hydroxylation sites is 1. The first-order chi connectivity index (χ1) is 13.0. The highest BCUT2D eigenvalue weighted by Crippen LogP contribution is 2.27. The van der Waals surface area contributed by atoms with E-state index in [-0.39, 0.29) is 24.2 Å². The predicted molar refractivity (Wildman–Crippen MR) is 102 cm³/mol. The number of carbonyl (C=O) groups is 1. The Kier molecular flexibility index (Phi) is 5.56. The molecule has 0 spiro atoms. The SMILES string of the molecule is COc1ccccc1[C@@H](CNC(=O)Cn1nc2ccccn2c1=O)N(C)C. The molecule has 0 aliphatic rings. The van der Waals surface area contributed by atoms with Crippen LogP contribution in [0, 0.1) is 0 Å². The molecule has 27 heavy (non-hydrogen) atoms. The van der Waals surface area contributed by atoms with E-state index in [9.17, 15) is 9.59 Å². The first kappa shape index (κ1) is 18.7. The molecule has 1 N–H and O–H groups in total. The highest BCUT2D eigenvalue weighted by atomic mass is 16.5. The molecule has 0 saturated heterocycles. The zero-order valence-electron chi connectivity index (χ0n) is 15.6. The van der Waals surface area contributed by atoms with Crippen molar-refractivity contribution in [1.29, 1.82) is 0 Å². The van der Waals surface area contributed by atoms with E-state index < -0.39 is 0 Å². The molecule has 0 fully saturated rings. The molecule has 0 radical (unpaired) electrons. The smallest absolute Gasteiger partial charge is 0.350 e. The Hall–Kier alpha value is -3.13. The second-order valence-electron chi connectivity index (χ2n) is 6.39. The fraction of sp³-hybridized carbons (Fsp3) is 0.316. The number of aromatic nitrogens is 3. The van der Waals surface area contributed by atoms with Crippen molar-refractivity contribution in [3.8, 4) is 5.75 Å². The molecule has 142 valence electrons. The van der Waals surface area contributed by atoms with E-state index in [0.29, 0.717) is 12.2 Å². The number of methoxy groups -OCH3 is 1. The van der Waals surface area contributed by atoms with Crippen molar-refractivity contribution in [2.75, 3.05) is 27.7 Å². The molecule has 2 aromatic heterocycles. The van der Waals surface area contributed by atoms with Gasteiger partial charge in [-0.3, -0.25) is 9.20 Å². The van der Waals surface area contributed by atoms with Crippen LogP contribution >= 0.6 is 0 Å². The van der Waals surface area contributed by atoms with E-state index >= 15 is 0 Å². The molecule has 1 atom stereocenters. The third-order valence-corrected chi connectivity index (χ3v) is 4.40. The summed E-state index contributed by atoms with van der Waals surface area (Å²) in [5.74, 6) is 0.490. The summed E-state index contributed by atoms with van der Waals surface area (Å²) in [7, 11) is 5.51. The van der Waals surface area contributed by atoms with Gasteiger partial charge in [-0.05, 0) is 32.3 Å². The summed E-state index contributed by atoms with van der Waals surface area (Å²) in [6.45, 7) is 0.251. The van der Waals surface area contributed by atoms with Crippen LogP contribution in [0.5, 0.6) is 5.75 Å². The van der Waals surface area contributed by atoms with Crippen molar-refractivity contribution < 1.29 is 9.53 Å². The molecule has 0 aliphatic carbocycles. The lowest BCUT2D eigenvalue weighted by Gasteiger charge is -2.26. The second-order valence-corrected chi connectivity index (χ2v) is 6.39. The molecular weight excluding hydrogens is 346 g/mol. The number of amides is 1. The maximum atomic E-state index is 12.4. The Morgan fingerprint density at radius 2 is 1.96 bits per heavy atom. The largest absolute Gasteiger partial charge is 0.496 e. The first-order valence-corrected chi connectivity index (χ1v) is 8.61. The number of benzene rings is 1. The molecule has 0 bridgehead atoms. The van der Waals surface area contributed by atoms with Crippen LogP contribution in [0.15, 0.2) is 53.5 Å². The lowest BCUT2D eigenvalue weighted by atomic mass is 10.0. The molecule has 3 aromatic rings. The van der Waals surface area contributed by atoms with Gasteiger partial charge in [-0.1, -0.05) is 24.3 Å². The number of ether oxygens (including phenoxy) is 1. The Labute approximate surface area is 157 Å². The Balaban J connectivity index is 1.71. The van der Waals surface area contributed by atoms with Crippen molar-refractivity contribution in [3.05, 3.63) is 64.7 Å². The fourth-order valence-electron chi connectivity index (χ4n) is 2.99. The molecule has 1 amide bonds. The van der Waals surface area contributed by atoms with E-state index in [4.69, 9.17) is 4.74 Å². The summed E-state index contributed by atoms with van der Waals surface area (Å²) in [6.07, 6.45) is 1.63. The van der Waals surface area contributed by atoms with Gasteiger partial charge < -0.3 is 15.0 Å². The van der Waals surface area contributed by atoms with E-state index in [0.717, 1.165) is 11.3 Å². The second kappa shape index (κ2) is 8.05. The van der Waals surface area contributed by atoms with Crippen LogP contribution in [0.4, 0.5) is 0 Å². The summed E-state index contributed by atoms with van der Waals surface area (Å²) in [5, 5.41) is 7.06. The number of likely N-dealkylation sites (N-methyl/N-ethyl adjacent to an activating group) is 1. The molecule has 0 unspecified atom stereocenters. The van der Waals surface area contributed by atoms with Gasteiger partial charge in [-0.2, -0.15) is 0 Å². The van der Waals surface area contributed by atoms with Crippen LogP contribution in [0.3, 0.4) is 0 Å².